The van der Waals surface area contributed by atoms with Crippen molar-refractivity contribution >= 4 is 35.8 Å². The maximum Gasteiger partial charge on any atom is 0.239 e. The predicted octanol–water partition coefficient (Wildman–Crippen LogP) is 2.41. The van der Waals surface area contributed by atoms with Crippen molar-refractivity contribution in [1.29, 1.82) is 0 Å². The van der Waals surface area contributed by atoms with Crippen LogP contribution in [0.2, 0.25) is 0 Å². The third-order valence-corrected chi connectivity index (χ3v) is 7.09. The van der Waals surface area contributed by atoms with Gasteiger partial charge >= 0.3 is 0 Å². The molecule has 1 unspecified atom stereocenters. The minimum Gasteiger partial charge on any atom is -0.385 e. The highest BCUT2D eigenvalue weighted by Gasteiger charge is 2.37. The van der Waals surface area contributed by atoms with E-state index in [2.05, 4.69) is 29.0 Å². The smallest absolute Gasteiger partial charge is 0.239 e. The highest BCUT2D eigenvalue weighted by molar-refractivity contribution is 14.0. The number of nitrogens with one attached hydrogen (secondary N) is 1. The van der Waals surface area contributed by atoms with Crippen molar-refractivity contribution in [3.8, 4) is 0 Å². The van der Waals surface area contributed by atoms with Gasteiger partial charge in [-0.2, -0.15) is 0 Å². The Labute approximate surface area is 200 Å². The van der Waals surface area contributed by atoms with Crippen LogP contribution < -0.4 is 5.32 Å². The fourth-order valence-corrected chi connectivity index (χ4v) is 4.83. The molecule has 0 radical (unpaired) electrons. The van der Waals surface area contributed by atoms with Crippen molar-refractivity contribution in [3.63, 3.8) is 0 Å². The Morgan fingerprint density at radius 2 is 1.73 bits per heavy atom. The fraction of sp³-hybridized carbons (Fsp3) is 0.909. The third-order valence-electron chi connectivity index (χ3n) is 7.09. The van der Waals surface area contributed by atoms with Gasteiger partial charge in [-0.05, 0) is 51.4 Å². The van der Waals surface area contributed by atoms with Gasteiger partial charge < -0.3 is 19.9 Å². The molecule has 0 aromatic heterocycles. The van der Waals surface area contributed by atoms with E-state index in [1.165, 1.54) is 19.3 Å². The van der Waals surface area contributed by atoms with E-state index in [0.717, 1.165) is 84.2 Å². The summed E-state index contributed by atoms with van der Waals surface area (Å²) in [4.78, 5) is 24.5. The number of carbonyl (C=O) groups excluding carboxylic acids is 1. The van der Waals surface area contributed by atoms with Gasteiger partial charge in [0.05, 0.1) is 6.04 Å². The van der Waals surface area contributed by atoms with Crippen molar-refractivity contribution in [2.45, 2.75) is 58.4 Å². The van der Waals surface area contributed by atoms with Gasteiger partial charge in [-0.15, -0.1) is 24.0 Å². The predicted molar refractivity (Wildman–Crippen MR) is 133 cm³/mol. The lowest BCUT2D eigenvalue weighted by atomic mass is 9.67. The van der Waals surface area contributed by atoms with Crippen LogP contribution in [0.1, 0.15) is 52.4 Å². The largest absolute Gasteiger partial charge is 0.385 e. The minimum absolute atomic E-state index is 0. The summed E-state index contributed by atoms with van der Waals surface area (Å²) in [5.74, 6) is 1.34. The quantitative estimate of drug-likeness (QED) is 0.294. The topological polar surface area (TPSA) is 60.4 Å². The Kier molecular flexibility index (Phi) is 10.6. The first-order valence-electron chi connectivity index (χ1n) is 11.6. The summed E-state index contributed by atoms with van der Waals surface area (Å²) in [6, 6.07) is -0.0120. The van der Waals surface area contributed by atoms with Crippen LogP contribution in [0.15, 0.2) is 4.99 Å². The van der Waals surface area contributed by atoms with Crippen LogP contribution in [0, 0.1) is 5.41 Å². The van der Waals surface area contributed by atoms with Crippen molar-refractivity contribution in [1.82, 2.24) is 20.0 Å². The van der Waals surface area contributed by atoms with E-state index in [-0.39, 0.29) is 30.0 Å². The Balaban J connectivity index is 0.00000320. The van der Waals surface area contributed by atoms with Crippen molar-refractivity contribution in [2.75, 3.05) is 66.1 Å². The van der Waals surface area contributed by atoms with Gasteiger partial charge in [0.15, 0.2) is 5.96 Å². The molecule has 1 saturated carbocycles. The van der Waals surface area contributed by atoms with E-state index in [1.54, 1.807) is 7.11 Å². The number of carbonyl (C=O) groups is 1. The first-order chi connectivity index (χ1) is 14.1. The second-order valence-corrected chi connectivity index (χ2v) is 9.00. The maximum atomic E-state index is 12.7. The van der Waals surface area contributed by atoms with E-state index in [9.17, 15) is 4.79 Å². The Morgan fingerprint density at radius 1 is 1.07 bits per heavy atom. The number of hydrogen-bond donors (Lipinski definition) is 1. The molecule has 7 nitrogen and oxygen atoms in total. The molecule has 0 bridgehead atoms. The lowest BCUT2D eigenvalue weighted by Gasteiger charge is -2.42. The standard InChI is InChI=1S/C22H41N5O2.HI/c1-4-23-21(24-18-22(8-7-9-22)10-17-29-3)27-15-13-25(14-16-27)19(2)20(28)26-11-5-6-12-26;/h19H,4-18H2,1-3H3,(H,23,24);1H. The Hall–Kier alpha value is -0.610. The molecule has 3 rings (SSSR count). The van der Waals surface area contributed by atoms with E-state index in [1.807, 2.05) is 4.90 Å². The van der Waals surface area contributed by atoms with Crippen LogP contribution in [0.4, 0.5) is 0 Å². The van der Waals surface area contributed by atoms with Crippen LogP contribution in [-0.4, -0.2) is 98.7 Å². The van der Waals surface area contributed by atoms with Gasteiger partial charge in [0.1, 0.15) is 0 Å². The molecule has 30 heavy (non-hydrogen) atoms. The molecule has 174 valence electrons. The average Bonchev–Trinajstić information content (AvgIpc) is 3.26. The lowest BCUT2D eigenvalue weighted by Crippen LogP contribution is -2.57. The molecule has 1 aliphatic carbocycles. The summed E-state index contributed by atoms with van der Waals surface area (Å²) >= 11 is 0. The van der Waals surface area contributed by atoms with Gasteiger partial charge in [-0.3, -0.25) is 14.7 Å². The number of ether oxygens (including phenoxy) is 1. The van der Waals surface area contributed by atoms with Crippen LogP contribution in [0.5, 0.6) is 0 Å². The minimum atomic E-state index is -0.0120. The molecule has 8 heteroatoms. The Bertz CT molecular complexity index is 556. The van der Waals surface area contributed by atoms with E-state index in [4.69, 9.17) is 9.73 Å². The number of piperazine rings is 1. The summed E-state index contributed by atoms with van der Waals surface area (Å²) in [6.45, 7) is 12.4. The van der Waals surface area contributed by atoms with Crippen LogP contribution in [0.3, 0.4) is 0 Å². The van der Waals surface area contributed by atoms with Crippen LogP contribution in [0.25, 0.3) is 0 Å². The molecule has 1 atom stereocenters. The zero-order valence-electron chi connectivity index (χ0n) is 19.2. The SMILES string of the molecule is CCNC(=NCC1(CCOC)CCC1)N1CCN(C(C)C(=O)N2CCCC2)CC1.I. The summed E-state index contributed by atoms with van der Waals surface area (Å²) in [5, 5.41) is 3.49. The normalized spacial score (nSPS) is 23.0. The number of likely N-dealkylation sites (tertiary alicyclic amines) is 1. The first-order valence-corrected chi connectivity index (χ1v) is 11.6. The number of hydrogen-bond acceptors (Lipinski definition) is 4. The highest BCUT2D eigenvalue weighted by Crippen LogP contribution is 2.44. The molecule has 2 heterocycles. The highest BCUT2D eigenvalue weighted by atomic mass is 127. The van der Waals surface area contributed by atoms with Crippen molar-refractivity contribution < 1.29 is 9.53 Å². The van der Waals surface area contributed by atoms with E-state index >= 15 is 0 Å². The fourth-order valence-electron chi connectivity index (χ4n) is 4.83. The van der Waals surface area contributed by atoms with Gasteiger partial charge in [-0.25, -0.2) is 0 Å². The molecule has 2 aliphatic heterocycles. The van der Waals surface area contributed by atoms with E-state index in [0.29, 0.717) is 11.3 Å². The van der Waals surface area contributed by atoms with Crippen LogP contribution in [-0.2, 0) is 9.53 Å². The molecular formula is C22H42IN5O2. The number of amides is 1. The molecule has 0 spiro atoms. The average molecular weight is 536 g/mol. The van der Waals surface area contributed by atoms with Gasteiger partial charge in [0, 0.05) is 66.1 Å². The number of aliphatic imine (C=N–C) groups is 1. The molecule has 0 aromatic carbocycles. The lowest BCUT2D eigenvalue weighted by molar-refractivity contribution is -0.135. The van der Waals surface area contributed by atoms with Crippen molar-refractivity contribution in [3.05, 3.63) is 0 Å². The summed E-state index contributed by atoms with van der Waals surface area (Å²) in [7, 11) is 1.79. The maximum absolute atomic E-state index is 12.7. The third kappa shape index (κ3) is 6.45. The summed E-state index contributed by atoms with van der Waals surface area (Å²) in [6.07, 6.45) is 7.27. The molecule has 1 amide bonds. The zero-order valence-corrected chi connectivity index (χ0v) is 21.5. The molecule has 3 aliphatic rings. The summed E-state index contributed by atoms with van der Waals surface area (Å²) in [5.41, 5.74) is 0.342. The summed E-state index contributed by atoms with van der Waals surface area (Å²) < 4.78 is 5.32. The van der Waals surface area contributed by atoms with Crippen molar-refractivity contribution in [2.24, 2.45) is 10.4 Å². The molecule has 2 saturated heterocycles. The Morgan fingerprint density at radius 3 is 2.27 bits per heavy atom. The van der Waals surface area contributed by atoms with Gasteiger partial charge in [0.25, 0.3) is 0 Å². The van der Waals surface area contributed by atoms with Crippen LogP contribution >= 0.6 is 24.0 Å². The number of halogens is 1. The molecular weight excluding hydrogens is 493 g/mol. The number of guanidine groups is 1. The number of rotatable bonds is 8. The number of methoxy groups -OCH3 is 1. The zero-order chi connectivity index (χ0) is 20.7. The second-order valence-electron chi connectivity index (χ2n) is 9.00. The van der Waals surface area contributed by atoms with Gasteiger partial charge in [0.2, 0.25) is 5.91 Å². The van der Waals surface area contributed by atoms with Gasteiger partial charge in [-0.1, -0.05) is 6.42 Å². The van der Waals surface area contributed by atoms with E-state index < -0.39 is 0 Å². The first kappa shape index (κ1) is 25.6. The molecule has 3 fully saturated rings. The molecule has 0 aromatic rings. The second kappa shape index (κ2) is 12.4. The molecule has 1 N–H and O–H groups in total. The monoisotopic (exact) mass is 535 g/mol. The number of nitrogens with zero attached hydrogens (tertiary/aromatic N) is 4.